The van der Waals surface area contributed by atoms with Gasteiger partial charge in [0.15, 0.2) is 0 Å². The van der Waals surface area contributed by atoms with Crippen LogP contribution < -0.4 is 20.9 Å². The number of aromatic hydroxyl groups is 1. The number of aryl methyl sites for hydroxylation is 1. The number of rotatable bonds is 15. The average molecular weight is 813 g/mol. The SMILES string of the molecule is Cn1nc(COC(=O)c2ccc(COc3cccc(C(NC(=O)O[C@H]4CN5CCC4CC5)c4ccccc4)c3)cc2)cc1CNC[C@H](O)c1ccc(O)c2[nH]c(=O)ccc12. The van der Waals surface area contributed by atoms with Gasteiger partial charge < -0.3 is 40.0 Å². The number of hydrogen-bond acceptors (Lipinski definition) is 11. The van der Waals surface area contributed by atoms with Gasteiger partial charge in [0.25, 0.3) is 0 Å². The van der Waals surface area contributed by atoms with E-state index in [9.17, 15) is 24.6 Å². The number of nitrogens with zero attached hydrogens (tertiary/aromatic N) is 3. The van der Waals surface area contributed by atoms with E-state index in [1.165, 1.54) is 12.1 Å². The summed E-state index contributed by atoms with van der Waals surface area (Å²) in [6.45, 7) is 3.75. The van der Waals surface area contributed by atoms with Crippen LogP contribution in [0, 0.1) is 5.92 Å². The van der Waals surface area contributed by atoms with Crippen molar-refractivity contribution in [3.8, 4) is 11.5 Å². The van der Waals surface area contributed by atoms with Crippen LogP contribution in [-0.2, 0) is 36.3 Å². The van der Waals surface area contributed by atoms with Crippen molar-refractivity contribution in [3.05, 3.63) is 159 Å². The van der Waals surface area contributed by atoms with Crippen molar-refractivity contribution in [1.29, 1.82) is 0 Å². The normalized spacial score (nSPS) is 18.1. The molecule has 3 atom stereocenters. The number of ether oxygens (including phenoxy) is 3. The number of fused-ring (bicyclic) bond motifs is 4. The van der Waals surface area contributed by atoms with Gasteiger partial charge in [-0.2, -0.15) is 5.10 Å². The number of pyridine rings is 1. The Kier molecular flexibility index (Phi) is 12.2. The molecule has 3 saturated heterocycles. The van der Waals surface area contributed by atoms with Crippen molar-refractivity contribution in [2.45, 2.75) is 50.8 Å². The van der Waals surface area contributed by atoms with Crippen molar-refractivity contribution in [3.63, 3.8) is 0 Å². The number of hydrogen-bond donors (Lipinski definition) is 5. The first-order valence-corrected chi connectivity index (χ1v) is 20.2. The Balaban J connectivity index is 0.817. The molecule has 6 aromatic rings. The van der Waals surface area contributed by atoms with Crippen LogP contribution in [0.25, 0.3) is 10.9 Å². The van der Waals surface area contributed by atoms with Gasteiger partial charge in [0.05, 0.1) is 28.9 Å². The summed E-state index contributed by atoms with van der Waals surface area (Å²) in [6.07, 6.45) is 0.688. The van der Waals surface area contributed by atoms with Crippen molar-refractivity contribution < 1.29 is 34.0 Å². The molecular formula is C46H48N6O8. The lowest BCUT2D eigenvalue weighted by Gasteiger charge is -2.43. The number of aliphatic hydroxyl groups is 1. The number of nitrogens with one attached hydrogen (secondary N) is 3. The highest BCUT2D eigenvalue weighted by atomic mass is 16.6. The lowest BCUT2D eigenvalue weighted by atomic mass is 9.86. The predicted octanol–water partition coefficient (Wildman–Crippen LogP) is 5.64. The number of H-pyrrole nitrogens is 1. The number of alkyl carbamates (subject to hydrolysis) is 1. The number of benzene rings is 4. The van der Waals surface area contributed by atoms with Crippen molar-refractivity contribution in [2.75, 3.05) is 26.2 Å². The monoisotopic (exact) mass is 812 g/mol. The maximum absolute atomic E-state index is 13.2. The van der Waals surface area contributed by atoms with Crippen LogP contribution in [0.15, 0.2) is 114 Å². The number of carbonyl (C=O) groups is 2. The summed E-state index contributed by atoms with van der Waals surface area (Å²) in [5.74, 6) is 0.487. The fourth-order valence-corrected chi connectivity index (χ4v) is 8.05. The van der Waals surface area contributed by atoms with E-state index >= 15 is 0 Å². The average Bonchev–Trinajstić information content (AvgIpc) is 3.63. The summed E-state index contributed by atoms with van der Waals surface area (Å²) in [6, 6.07) is 31.9. The van der Waals surface area contributed by atoms with Gasteiger partial charge >= 0.3 is 12.1 Å². The highest BCUT2D eigenvalue weighted by Crippen LogP contribution is 2.31. The fourth-order valence-electron chi connectivity index (χ4n) is 8.05. The number of piperidine rings is 3. The third-order valence-electron chi connectivity index (χ3n) is 11.3. The van der Waals surface area contributed by atoms with E-state index in [1.807, 2.05) is 72.8 Å². The topological polar surface area (TPSA) is 180 Å². The van der Waals surface area contributed by atoms with Gasteiger partial charge in [0, 0.05) is 38.1 Å². The lowest BCUT2D eigenvalue weighted by molar-refractivity contribution is -0.0336. The molecule has 60 heavy (non-hydrogen) atoms. The number of esters is 1. The minimum atomic E-state index is -0.907. The molecule has 0 radical (unpaired) electrons. The van der Waals surface area contributed by atoms with Gasteiger partial charge in [-0.15, -0.1) is 0 Å². The van der Waals surface area contributed by atoms with E-state index in [0.717, 1.165) is 54.9 Å². The van der Waals surface area contributed by atoms with Gasteiger partial charge in [0.1, 0.15) is 36.5 Å². The van der Waals surface area contributed by atoms with Crippen LogP contribution >= 0.6 is 0 Å². The molecule has 9 rings (SSSR count). The molecule has 3 fully saturated rings. The van der Waals surface area contributed by atoms with E-state index in [0.29, 0.717) is 40.4 Å². The Hall–Kier alpha value is -6.48. The van der Waals surface area contributed by atoms with Gasteiger partial charge in [-0.05, 0) is 96.6 Å². The molecule has 0 spiro atoms. The number of amides is 1. The zero-order valence-electron chi connectivity index (χ0n) is 33.3. The fraction of sp³-hybridized carbons (Fsp3) is 0.304. The molecule has 2 bridgehead atoms. The van der Waals surface area contributed by atoms with E-state index in [2.05, 4.69) is 25.6 Å². The molecule has 14 heteroatoms. The van der Waals surface area contributed by atoms with Crippen molar-refractivity contribution in [2.24, 2.45) is 13.0 Å². The highest BCUT2D eigenvalue weighted by molar-refractivity contribution is 5.89. The summed E-state index contributed by atoms with van der Waals surface area (Å²) >= 11 is 0. The molecule has 1 unspecified atom stereocenters. The molecule has 14 nitrogen and oxygen atoms in total. The quantitative estimate of drug-likeness (QED) is 0.0811. The zero-order valence-corrected chi connectivity index (χ0v) is 33.3. The Bertz CT molecular complexity index is 2500. The number of aliphatic hydroxyl groups excluding tert-OH is 1. The third-order valence-corrected chi connectivity index (χ3v) is 11.3. The summed E-state index contributed by atoms with van der Waals surface area (Å²) in [5.41, 5.74) is 4.91. The number of carbonyl (C=O) groups excluding carboxylic acids is 2. The molecule has 3 aliphatic heterocycles. The molecule has 0 saturated carbocycles. The number of phenols is 1. The van der Waals surface area contributed by atoms with Crippen LogP contribution in [0.4, 0.5) is 4.79 Å². The zero-order chi connectivity index (χ0) is 41.6. The second kappa shape index (κ2) is 18.2. The van der Waals surface area contributed by atoms with Crippen molar-refractivity contribution in [1.82, 2.24) is 30.3 Å². The van der Waals surface area contributed by atoms with Crippen LogP contribution in [0.2, 0.25) is 0 Å². The summed E-state index contributed by atoms with van der Waals surface area (Å²) in [7, 11) is 1.79. The Morgan fingerprint density at radius 3 is 2.47 bits per heavy atom. The smallest absolute Gasteiger partial charge is 0.408 e. The van der Waals surface area contributed by atoms with E-state index in [4.69, 9.17) is 14.2 Å². The second-order valence-corrected chi connectivity index (χ2v) is 15.4. The van der Waals surface area contributed by atoms with Crippen LogP contribution in [0.3, 0.4) is 0 Å². The minimum absolute atomic E-state index is 0.0234. The molecule has 3 aliphatic rings. The van der Waals surface area contributed by atoms with E-state index < -0.39 is 24.2 Å². The van der Waals surface area contributed by atoms with E-state index in [1.54, 1.807) is 36.0 Å². The molecular weight excluding hydrogens is 765 g/mol. The Morgan fingerprint density at radius 1 is 0.917 bits per heavy atom. The van der Waals surface area contributed by atoms with Crippen LogP contribution in [0.1, 0.15) is 69.0 Å². The maximum Gasteiger partial charge on any atom is 0.408 e. The molecule has 2 aromatic heterocycles. The third kappa shape index (κ3) is 9.52. The predicted molar refractivity (Wildman–Crippen MR) is 223 cm³/mol. The number of aromatic nitrogens is 3. The van der Waals surface area contributed by atoms with Crippen LogP contribution in [-0.4, -0.2) is 74.2 Å². The molecule has 310 valence electrons. The van der Waals surface area contributed by atoms with E-state index in [-0.39, 0.29) is 42.7 Å². The number of aromatic amines is 1. The molecule has 5 heterocycles. The van der Waals surface area contributed by atoms with Crippen molar-refractivity contribution >= 4 is 23.0 Å². The summed E-state index contributed by atoms with van der Waals surface area (Å²) in [5, 5.41) is 32.4. The lowest BCUT2D eigenvalue weighted by Crippen LogP contribution is -2.52. The van der Waals surface area contributed by atoms with Gasteiger partial charge in [0.2, 0.25) is 5.56 Å². The molecule has 5 N–H and O–H groups in total. The summed E-state index contributed by atoms with van der Waals surface area (Å²) < 4.78 is 19.4. The molecule has 0 aliphatic carbocycles. The van der Waals surface area contributed by atoms with Crippen LogP contribution in [0.5, 0.6) is 11.5 Å². The highest BCUT2D eigenvalue weighted by Gasteiger charge is 2.37. The summed E-state index contributed by atoms with van der Waals surface area (Å²) in [4.78, 5) is 42.9. The standard InChI is InChI=1S/C46H48N6O8/c1-51-35(24-47-25-40(54)37-14-16-39(53)44-38(37)15-17-42(55)48-44)23-34(50-51)28-59-45(56)32-12-10-29(11-13-32)27-58-36-9-5-8-33(22-36)43(31-6-3-2-4-7-31)49-46(57)60-41-26-52-20-18-30(41)19-21-52/h2-17,22-23,30,40-41,43,47,53-54H,18-21,24-28H2,1H3,(H,48,55)(H,49,57)/t40-,41-,43?/m0/s1. The first kappa shape index (κ1) is 40.3. The number of phenolic OH excluding ortho intramolecular Hbond substituents is 1. The van der Waals surface area contributed by atoms with Gasteiger partial charge in [-0.1, -0.05) is 60.7 Å². The second-order valence-electron chi connectivity index (χ2n) is 15.4. The van der Waals surface area contributed by atoms with Gasteiger partial charge in [-0.3, -0.25) is 14.4 Å². The molecule has 4 aromatic carbocycles. The first-order valence-electron chi connectivity index (χ1n) is 20.2. The Labute approximate surface area is 346 Å². The Morgan fingerprint density at radius 2 is 1.70 bits per heavy atom. The largest absolute Gasteiger partial charge is 0.506 e. The minimum Gasteiger partial charge on any atom is -0.506 e. The molecule has 1 amide bonds. The van der Waals surface area contributed by atoms with Gasteiger partial charge in [-0.25, -0.2) is 9.59 Å². The maximum atomic E-state index is 13.2. The first-order chi connectivity index (χ1) is 29.2.